The van der Waals surface area contributed by atoms with Crippen molar-refractivity contribution in [2.75, 3.05) is 26.2 Å². The minimum absolute atomic E-state index is 0.00406. The van der Waals surface area contributed by atoms with Crippen molar-refractivity contribution in [1.82, 2.24) is 10.2 Å². The largest absolute Gasteiger partial charge is 0.394 e. The van der Waals surface area contributed by atoms with Gasteiger partial charge in [-0.1, -0.05) is 33.6 Å². The van der Waals surface area contributed by atoms with Crippen LogP contribution in [0.4, 0.5) is 0 Å². The SMILES string of the molecule is CCC1CCN(CCC2CCCC2(CO)NC(C)C)CC1. The Morgan fingerprint density at radius 3 is 2.52 bits per heavy atom. The standard InChI is InChI=1S/C18H36N2O/c1-4-16-7-11-20(12-8-16)13-9-17-6-5-10-18(17,14-21)19-15(2)3/h15-17,19,21H,4-14H2,1-3H3. The van der Waals surface area contributed by atoms with Crippen LogP contribution in [0.5, 0.6) is 0 Å². The number of likely N-dealkylation sites (tertiary alicyclic amines) is 1. The van der Waals surface area contributed by atoms with E-state index in [0.29, 0.717) is 18.6 Å². The lowest BCUT2D eigenvalue weighted by molar-refractivity contribution is 0.0972. The molecule has 1 saturated carbocycles. The van der Waals surface area contributed by atoms with E-state index in [1.165, 1.54) is 58.2 Å². The number of nitrogens with zero attached hydrogens (tertiary/aromatic N) is 1. The molecule has 0 spiro atoms. The molecule has 2 atom stereocenters. The van der Waals surface area contributed by atoms with E-state index in [0.717, 1.165) is 12.3 Å². The fraction of sp³-hybridized carbons (Fsp3) is 1.00. The molecule has 0 aromatic rings. The molecule has 3 nitrogen and oxygen atoms in total. The van der Waals surface area contributed by atoms with Gasteiger partial charge in [0, 0.05) is 11.6 Å². The summed E-state index contributed by atoms with van der Waals surface area (Å²) in [5.74, 6) is 1.61. The van der Waals surface area contributed by atoms with Crippen molar-refractivity contribution in [2.45, 2.75) is 77.3 Å². The zero-order valence-electron chi connectivity index (χ0n) is 14.4. The first-order chi connectivity index (χ1) is 10.1. The molecule has 0 aromatic heterocycles. The lowest BCUT2D eigenvalue weighted by Gasteiger charge is -2.39. The lowest BCUT2D eigenvalue weighted by Crippen LogP contribution is -2.54. The summed E-state index contributed by atoms with van der Waals surface area (Å²) in [6, 6.07) is 0.457. The monoisotopic (exact) mass is 296 g/mol. The van der Waals surface area contributed by atoms with Gasteiger partial charge in [0.05, 0.1) is 6.61 Å². The van der Waals surface area contributed by atoms with E-state index in [2.05, 4.69) is 31.0 Å². The van der Waals surface area contributed by atoms with Crippen LogP contribution in [-0.4, -0.2) is 47.8 Å². The molecule has 2 unspecified atom stereocenters. The van der Waals surface area contributed by atoms with Gasteiger partial charge in [0.25, 0.3) is 0 Å². The minimum atomic E-state index is -0.00406. The number of hydrogen-bond donors (Lipinski definition) is 2. The van der Waals surface area contributed by atoms with Crippen molar-refractivity contribution in [3.63, 3.8) is 0 Å². The molecule has 21 heavy (non-hydrogen) atoms. The van der Waals surface area contributed by atoms with Crippen LogP contribution >= 0.6 is 0 Å². The summed E-state index contributed by atoms with van der Waals surface area (Å²) in [6.07, 6.45) is 9.06. The third-order valence-electron chi connectivity index (χ3n) is 5.89. The molecule has 2 rings (SSSR count). The summed E-state index contributed by atoms with van der Waals surface area (Å²) in [5.41, 5.74) is -0.00406. The van der Waals surface area contributed by atoms with Gasteiger partial charge in [-0.05, 0) is 63.6 Å². The van der Waals surface area contributed by atoms with Crippen LogP contribution in [0.25, 0.3) is 0 Å². The first-order valence-electron chi connectivity index (χ1n) is 9.20. The average Bonchev–Trinajstić information content (AvgIpc) is 2.88. The highest BCUT2D eigenvalue weighted by Gasteiger charge is 2.42. The molecule has 1 aliphatic heterocycles. The van der Waals surface area contributed by atoms with Gasteiger partial charge in [0.2, 0.25) is 0 Å². The van der Waals surface area contributed by atoms with Crippen LogP contribution in [0.15, 0.2) is 0 Å². The molecule has 0 amide bonds. The second-order valence-electron chi connectivity index (χ2n) is 7.68. The summed E-state index contributed by atoms with van der Waals surface area (Å²) in [6.45, 7) is 10.8. The number of aliphatic hydroxyl groups is 1. The zero-order valence-corrected chi connectivity index (χ0v) is 14.4. The van der Waals surface area contributed by atoms with Crippen LogP contribution in [0.1, 0.15) is 65.7 Å². The molecule has 2 fully saturated rings. The maximum Gasteiger partial charge on any atom is 0.0616 e. The van der Waals surface area contributed by atoms with Gasteiger partial charge in [-0.3, -0.25) is 0 Å². The van der Waals surface area contributed by atoms with E-state index in [1.807, 2.05) is 0 Å². The second-order valence-corrected chi connectivity index (χ2v) is 7.68. The first kappa shape index (κ1) is 17.2. The molecule has 1 heterocycles. The molecular weight excluding hydrogens is 260 g/mol. The summed E-state index contributed by atoms with van der Waals surface area (Å²) in [4.78, 5) is 2.65. The van der Waals surface area contributed by atoms with Gasteiger partial charge in [-0.25, -0.2) is 0 Å². The predicted molar refractivity (Wildman–Crippen MR) is 89.5 cm³/mol. The number of rotatable bonds is 7. The van der Waals surface area contributed by atoms with E-state index in [9.17, 15) is 5.11 Å². The van der Waals surface area contributed by atoms with Crippen molar-refractivity contribution in [3.8, 4) is 0 Å². The zero-order chi connectivity index (χ0) is 15.3. The van der Waals surface area contributed by atoms with Crippen LogP contribution in [0.3, 0.4) is 0 Å². The quantitative estimate of drug-likeness (QED) is 0.758. The Kier molecular flexibility index (Phi) is 6.51. The fourth-order valence-corrected chi connectivity index (χ4v) is 4.54. The van der Waals surface area contributed by atoms with Gasteiger partial charge < -0.3 is 15.3 Å². The van der Waals surface area contributed by atoms with Crippen LogP contribution < -0.4 is 5.32 Å². The number of piperidine rings is 1. The van der Waals surface area contributed by atoms with Crippen molar-refractivity contribution >= 4 is 0 Å². The van der Waals surface area contributed by atoms with Crippen LogP contribution in [-0.2, 0) is 0 Å². The number of hydrogen-bond acceptors (Lipinski definition) is 3. The Bertz CT molecular complexity index is 300. The van der Waals surface area contributed by atoms with E-state index >= 15 is 0 Å². The van der Waals surface area contributed by atoms with Crippen molar-refractivity contribution in [3.05, 3.63) is 0 Å². The predicted octanol–water partition coefficient (Wildman–Crippen LogP) is 3.03. The lowest BCUT2D eigenvalue weighted by atomic mass is 9.84. The summed E-state index contributed by atoms with van der Waals surface area (Å²) in [5, 5.41) is 13.7. The summed E-state index contributed by atoms with van der Waals surface area (Å²) >= 11 is 0. The third kappa shape index (κ3) is 4.43. The maximum atomic E-state index is 9.96. The molecule has 0 bridgehead atoms. The van der Waals surface area contributed by atoms with Gasteiger partial charge in [0.15, 0.2) is 0 Å². The fourth-order valence-electron chi connectivity index (χ4n) is 4.54. The topological polar surface area (TPSA) is 35.5 Å². The first-order valence-corrected chi connectivity index (χ1v) is 9.20. The van der Waals surface area contributed by atoms with Crippen molar-refractivity contribution in [2.24, 2.45) is 11.8 Å². The highest BCUT2D eigenvalue weighted by molar-refractivity contribution is 5.00. The molecule has 1 saturated heterocycles. The summed E-state index contributed by atoms with van der Waals surface area (Å²) in [7, 11) is 0. The van der Waals surface area contributed by atoms with E-state index in [4.69, 9.17) is 0 Å². The molecular formula is C18H36N2O. The highest BCUT2D eigenvalue weighted by Crippen LogP contribution is 2.38. The maximum absolute atomic E-state index is 9.96. The molecule has 1 aliphatic carbocycles. The van der Waals surface area contributed by atoms with Crippen molar-refractivity contribution < 1.29 is 5.11 Å². The van der Waals surface area contributed by atoms with E-state index in [-0.39, 0.29) is 5.54 Å². The molecule has 2 aliphatic rings. The van der Waals surface area contributed by atoms with Crippen LogP contribution in [0.2, 0.25) is 0 Å². The van der Waals surface area contributed by atoms with Crippen molar-refractivity contribution in [1.29, 1.82) is 0 Å². The normalized spacial score (nSPS) is 32.1. The summed E-state index contributed by atoms with van der Waals surface area (Å²) < 4.78 is 0. The van der Waals surface area contributed by atoms with Gasteiger partial charge in [0.1, 0.15) is 0 Å². The molecule has 0 aromatic carbocycles. The van der Waals surface area contributed by atoms with Crippen LogP contribution in [0, 0.1) is 11.8 Å². The number of aliphatic hydroxyl groups excluding tert-OH is 1. The Morgan fingerprint density at radius 2 is 1.95 bits per heavy atom. The van der Waals surface area contributed by atoms with Gasteiger partial charge in [-0.2, -0.15) is 0 Å². The Labute approximate surface area is 131 Å². The van der Waals surface area contributed by atoms with E-state index < -0.39 is 0 Å². The minimum Gasteiger partial charge on any atom is -0.394 e. The Hall–Kier alpha value is -0.120. The molecule has 124 valence electrons. The molecule has 0 radical (unpaired) electrons. The molecule has 3 heteroatoms. The number of nitrogens with one attached hydrogen (secondary N) is 1. The molecule has 2 N–H and O–H groups in total. The van der Waals surface area contributed by atoms with Gasteiger partial charge >= 0.3 is 0 Å². The van der Waals surface area contributed by atoms with Gasteiger partial charge in [-0.15, -0.1) is 0 Å². The average molecular weight is 296 g/mol. The van der Waals surface area contributed by atoms with E-state index in [1.54, 1.807) is 0 Å². The highest BCUT2D eigenvalue weighted by atomic mass is 16.3. The Morgan fingerprint density at radius 1 is 1.24 bits per heavy atom. The second kappa shape index (κ2) is 7.94. The smallest absolute Gasteiger partial charge is 0.0616 e. The Balaban J connectivity index is 1.81. The third-order valence-corrected chi connectivity index (χ3v) is 5.89.